The lowest BCUT2D eigenvalue weighted by atomic mass is 9.82. The number of hydrogen-bond acceptors (Lipinski definition) is 1. The van der Waals surface area contributed by atoms with E-state index < -0.39 is 0 Å². The van der Waals surface area contributed by atoms with Gasteiger partial charge in [-0.1, -0.05) is 177 Å². The molecule has 60 heavy (non-hydrogen) atoms. The van der Waals surface area contributed by atoms with E-state index >= 15 is 0 Å². The van der Waals surface area contributed by atoms with Gasteiger partial charge in [-0.3, -0.25) is 0 Å². The van der Waals surface area contributed by atoms with E-state index in [1.165, 1.54) is 83.0 Å². The van der Waals surface area contributed by atoms with Crippen LogP contribution in [0.5, 0.6) is 0 Å². The largest absolute Gasteiger partial charge is 0.310 e. The van der Waals surface area contributed by atoms with Crippen molar-refractivity contribution in [1.29, 1.82) is 0 Å². The molecule has 0 N–H and O–H groups in total. The van der Waals surface area contributed by atoms with E-state index in [2.05, 4.69) is 243 Å². The van der Waals surface area contributed by atoms with Crippen molar-refractivity contribution in [2.45, 2.75) is 26.2 Å². The first kappa shape index (κ1) is 35.7. The van der Waals surface area contributed by atoms with Gasteiger partial charge >= 0.3 is 0 Å². The quantitative estimate of drug-likeness (QED) is 0.157. The predicted molar refractivity (Wildman–Crippen MR) is 254 cm³/mol. The average Bonchev–Trinajstić information content (AvgIpc) is 3.77. The highest BCUT2D eigenvalue weighted by Crippen LogP contribution is 2.51. The van der Waals surface area contributed by atoms with Gasteiger partial charge in [-0.25, -0.2) is 0 Å². The van der Waals surface area contributed by atoms with Gasteiger partial charge in [0.15, 0.2) is 0 Å². The summed E-state index contributed by atoms with van der Waals surface area (Å²) < 4.78 is 2.48. The van der Waals surface area contributed by atoms with Gasteiger partial charge in [0.25, 0.3) is 0 Å². The van der Waals surface area contributed by atoms with E-state index in [9.17, 15) is 0 Å². The Hall–Kier alpha value is -7.42. The SMILES string of the molecule is Cc1ccc(N(c2ccc(-c3cc4c(-c5ccccc5)c(-c5ccccc5)n(-c5ccccc5)c4c4ccccc34)cc2)c2ccc3c(c2)C(C)(C)c2ccccc2-3)cc1. The highest BCUT2D eigenvalue weighted by molar-refractivity contribution is 6.20. The van der Waals surface area contributed by atoms with Crippen molar-refractivity contribution in [1.82, 2.24) is 4.57 Å². The molecule has 10 aromatic rings. The first-order chi connectivity index (χ1) is 29.5. The average molecular weight is 769 g/mol. The van der Waals surface area contributed by atoms with Crippen LogP contribution in [0.2, 0.25) is 0 Å². The molecule has 1 aliphatic carbocycles. The highest BCUT2D eigenvalue weighted by Gasteiger charge is 2.36. The summed E-state index contributed by atoms with van der Waals surface area (Å²) in [5, 5.41) is 3.67. The van der Waals surface area contributed by atoms with Crippen LogP contribution in [0, 0.1) is 6.92 Å². The molecule has 0 fully saturated rings. The third-order valence-corrected chi connectivity index (χ3v) is 12.6. The Kier molecular flexibility index (Phi) is 8.42. The van der Waals surface area contributed by atoms with Crippen LogP contribution in [-0.2, 0) is 5.41 Å². The monoisotopic (exact) mass is 768 g/mol. The minimum Gasteiger partial charge on any atom is -0.310 e. The van der Waals surface area contributed by atoms with Crippen molar-refractivity contribution in [3.8, 4) is 50.3 Å². The number of hydrogen-bond donors (Lipinski definition) is 0. The zero-order chi connectivity index (χ0) is 40.4. The van der Waals surface area contributed by atoms with Gasteiger partial charge in [0.2, 0.25) is 0 Å². The molecule has 1 aliphatic rings. The zero-order valence-electron chi connectivity index (χ0n) is 34.1. The topological polar surface area (TPSA) is 8.17 Å². The number of anilines is 3. The normalized spacial score (nSPS) is 12.7. The summed E-state index contributed by atoms with van der Waals surface area (Å²) in [7, 11) is 0. The Morgan fingerprint density at radius 1 is 0.400 bits per heavy atom. The van der Waals surface area contributed by atoms with Gasteiger partial charge < -0.3 is 9.47 Å². The number of benzene rings is 9. The lowest BCUT2D eigenvalue weighted by Gasteiger charge is -2.28. The van der Waals surface area contributed by atoms with Gasteiger partial charge in [-0.15, -0.1) is 0 Å². The molecular weight excluding hydrogens is 725 g/mol. The summed E-state index contributed by atoms with van der Waals surface area (Å²) in [5.41, 5.74) is 19.5. The highest BCUT2D eigenvalue weighted by atomic mass is 15.1. The summed E-state index contributed by atoms with van der Waals surface area (Å²) in [6.45, 7) is 6.86. The summed E-state index contributed by atoms with van der Waals surface area (Å²) in [4.78, 5) is 2.41. The molecule has 0 atom stereocenters. The number of nitrogens with zero attached hydrogens (tertiary/aromatic N) is 2. The Labute approximate surface area is 352 Å². The number of para-hydroxylation sites is 1. The fourth-order valence-electron chi connectivity index (χ4n) is 9.75. The molecular formula is C58H44N2. The molecule has 0 bridgehead atoms. The number of fused-ring (bicyclic) bond motifs is 6. The molecule has 0 amide bonds. The third kappa shape index (κ3) is 5.71. The van der Waals surface area contributed by atoms with Gasteiger partial charge in [0.1, 0.15) is 0 Å². The molecule has 2 nitrogen and oxygen atoms in total. The second kappa shape index (κ2) is 14.1. The molecule has 1 heterocycles. The van der Waals surface area contributed by atoms with Crippen LogP contribution in [0.4, 0.5) is 17.1 Å². The van der Waals surface area contributed by atoms with Crippen LogP contribution in [0.15, 0.2) is 212 Å². The first-order valence-electron chi connectivity index (χ1n) is 20.9. The Morgan fingerprint density at radius 3 is 1.65 bits per heavy atom. The fraction of sp³-hybridized carbons (Fsp3) is 0.0690. The van der Waals surface area contributed by atoms with Crippen LogP contribution < -0.4 is 4.90 Å². The Morgan fingerprint density at radius 2 is 0.950 bits per heavy atom. The Balaban J connectivity index is 1.12. The molecule has 286 valence electrons. The van der Waals surface area contributed by atoms with Crippen LogP contribution in [-0.4, -0.2) is 4.57 Å². The maximum Gasteiger partial charge on any atom is 0.0620 e. The van der Waals surface area contributed by atoms with Crippen LogP contribution in [0.3, 0.4) is 0 Å². The molecule has 0 aliphatic heterocycles. The lowest BCUT2D eigenvalue weighted by Crippen LogP contribution is -2.16. The number of aryl methyl sites for hydroxylation is 1. The summed E-state index contributed by atoms with van der Waals surface area (Å²) in [6, 6.07) is 78.0. The maximum atomic E-state index is 2.48. The third-order valence-electron chi connectivity index (χ3n) is 12.6. The van der Waals surface area contributed by atoms with Crippen molar-refractivity contribution in [2.24, 2.45) is 0 Å². The van der Waals surface area contributed by atoms with Crippen LogP contribution >= 0.6 is 0 Å². The van der Waals surface area contributed by atoms with Crippen molar-refractivity contribution >= 4 is 38.7 Å². The summed E-state index contributed by atoms with van der Waals surface area (Å²) in [6.07, 6.45) is 0. The van der Waals surface area contributed by atoms with Crippen LogP contribution in [0.1, 0.15) is 30.5 Å². The second-order valence-corrected chi connectivity index (χ2v) is 16.6. The van der Waals surface area contributed by atoms with E-state index in [1.54, 1.807) is 0 Å². The maximum absolute atomic E-state index is 2.48. The molecule has 0 spiro atoms. The molecule has 0 saturated carbocycles. The van der Waals surface area contributed by atoms with E-state index in [1.807, 2.05) is 0 Å². The molecule has 1 aromatic heterocycles. The van der Waals surface area contributed by atoms with Gasteiger partial charge in [0, 0.05) is 44.5 Å². The fourth-order valence-corrected chi connectivity index (χ4v) is 9.75. The number of aromatic nitrogens is 1. The summed E-state index contributed by atoms with van der Waals surface area (Å²) >= 11 is 0. The molecule has 9 aromatic carbocycles. The van der Waals surface area contributed by atoms with Crippen molar-refractivity contribution in [3.63, 3.8) is 0 Å². The smallest absolute Gasteiger partial charge is 0.0620 e. The van der Waals surface area contributed by atoms with E-state index in [-0.39, 0.29) is 5.41 Å². The van der Waals surface area contributed by atoms with E-state index in [0.29, 0.717) is 0 Å². The molecule has 0 unspecified atom stereocenters. The molecule has 0 radical (unpaired) electrons. The van der Waals surface area contributed by atoms with Gasteiger partial charge in [-0.2, -0.15) is 0 Å². The minimum absolute atomic E-state index is 0.0944. The van der Waals surface area contributed by atoms with Crippen molar-refractivity contribution in [2.75, 3.05) is 4.90 Å². The molecule has 2 heteroatoms. The minimum atomic E-state index is -0.0944. The van der Waals surface area contributed by atoms with Crippen molar-refractivity contribution < 1.29 is 0 Å². The summed E-state index contributed by atoms with van der Waals surface area (Å²) in [5.74, 6) is 0. The first-order valence-corrected chi connectivity index (χ1v) is 20.9. The second-order valence-electron chi connectivity index (χ2n) is 16.6. The lowest BCUT2D eigenvalue weighted by molar-refractivity contribution is 0.660. The van der Waals surface area contributed by atoms with Gasteiger partial charge in [-0.05, 0) is 111 Å². The predicted octanol–water partition coefficient (Wildman–Crippen LogP) is 15.9. The standard InChI is InChI=1S/C58H44N2/c1-39-27-31-44(32-28-39)59(46-35-36-49-48-24-15-16-26-53(48)58(2,3)54(49)37-46)45-33-29-40(30-34-45)51-38-52-55(41-17-7-4-8-18-41)56(42-19-9-5-10-20-42)60(43-21-11-6-12-22-43)57(52)50-25-14-13-23-47(50)51/h4-38H,1-3H3. The van der Waals surface area contributed by atoms with E-state index in [4.69, 9.17) is 0 Å². The van der Waals surface area contributed by atoms with E-state index in [0.717, 1.165) is 22.7 Å². The molecule has 11 rings (SSSR count). The number of rotatable bonds is 7. The Bertz CT molecular complexity index is 3190. The van der Waals surface area contributed by atoms with Crippen LogP contribution in [0.25, 0.3) is 72.0 Å². The van der Waals surface area contributed by atoms with Crippen molar-refractivity contribution in [3.05, 3.63) is 229 Å². The molecule has 0 saturated heterocycles. The zero-order valence-corrected chi connectivity index (χ0v) is 34.1. The van der Waals surface area contributed by atoms with Gasteiger partial charge in [0.05, 0.1) is 11.2 Å².